The Morgan fingerprint density at radius 2 is 1.96 bits per heavy atom. The van der Waals surface area contributed by atoms with Gasteiger partial charge in [0.05, 0.1) is 12.2 Å². The molecule has 1 saturated heterocycles. The molecule has 1 aliphatic heterocycles. The van der Waals surface area contributed by atoms with Crippen molar-refractivity contribution in [1.29, 1.82) is 0 Å². The van der Waals surface area contributed by atoms with Crippen molar-refractivity contribution < 1.29 is 17.9 Å². The fraction of sp³-hybridized carbons (Fsp3) is 0.706. The van der Waals surface area contributed by atoms with Gasteiger partial charge in [0.1, 0.15) is 6.10 Å². The van der Waals surface area contributed by atoms with E-state index in [1.165, 1.54) is 17.1 Å². The summed E-state index contributed by atoms with van der Waals surface area (Å²) in [6, 6.07) is 3.61. The lowest BCUT2D eigenvalue weighted by molar-refractivity contribution is -0.0444. The molecule has 1 aromatic heterocycles. The molecule has 2 atom stereocenters. The van der Waals surface area contributed by atoms with Crippen molar-refractivity contribution >= 4 is 10.2 Å². The number of nitrogens with one attached hydrogen (secondary N) is 1. The zero-order chi connectivity index (χ0) is 17.9. The van der Waals surface area contributed by atoms with Crippen LogP contribution in [-0.4, -0.2) is 49.1 Å². The molecule has 0 radical (unpaired) electrons. The van der Waals surface area contributed by atoms with Crippen molar-refractivity contribution in [2.24, 2.45) is 0 Å². The minimum atomic E-state index is -3.54. The van der Waals surface area contributed by atoms with Gasteiger partial charge in [-0.2, -0.15) is 17.4 Å². The topological polar surface area (TPSA) is 80.8 Å². The van der Waals surface area contributed by atoms with Crippen molar-refractivity contribution in [3.05, 3.63) is 23.9 Å². The van der Waals surface area contributed by atoms with Crippen LogP contribution in [0.3, 0.4) is 0 Å². The Bertz CT molecular complexity index is 666. The average molecular weight is 369 g/mol. The van der Waals surface area contributed by atoms with Gasteiger partial charge >= 0.3 is 0 Å². The maximum atomic E-state index is 12.5. The summed E-state index contributed by atoms with van der Waals surface area (Å²) in [5.74, 6) is 0.567. The van der Waals surface area contributed by atoms with Crippen LogP contribution in [0.1, 0.15) is 45.1 Å². The molecule has 25 heavy (non-hydrogen) atoms. The second-order valence-corrected chi connectivity index (χ2v) is 8.68. The summed E-state index contributed by atoms with van der Waals surface area (Å²) < 4.78 is 40.6. The van der Waals surface area contributed by atoms with E-state index in [-0.39, 0.29) is 24.9 Å². The Hall–Kier alpha value is -1.22. The third-order valence-electron chi connectivity index (χ3n) is 4.57. The van der Waals surface area contributed by atoms with Crippen LogP contribution in [0.4, 0.5) is 0 Å². The van der Waals surface area contributed by atoms with E-state index in [0.717, 1.165) is 18.4 Å². The molecule has 2 fully saturated rings. The van der Waals surface area contributed by atoms with E-state index in [1.54, 1.807) is 12.3 Å². The van der Waals surface area contributed by atoms with E-state index in [4.69, 9.17) is 9.47 Å². The van der Waals surface area contributed by atoms with Gasteiger partial charge in [-0.25, -0.2) is 4.98 Å². The van der Waals surface area contributed by atoms with Crippen molar-refractivity contribution in [3.8, 4) is 5.88 Å². The smallest absolute Gasteiger partial charge is 0.279 e. The van der Waals surface area contributed by atoms with Crippen LogP contribution in [0.25, 0.3) is 0 Å². The van der Waals surface area contributed by atoms with Crippen molar-refractivity contribution in [3.63, 3.8) is 0 Å². The second kappa shape index (κ2) is 7.99. The minimum Gasteiger partial charge on any atom is -0.474 e. The van der Waals surface area contributed by atoms with Gasteiger partial charge in [-0.3, -0.25) is 0 Å². The standard InChI is InChI=1S/C17H27N3O4S/c1-13-11-20(12-14(2)23-13)25(21,22)19-10-15-7-8-18-17(9-15)24-16-5-3-4-6-16/h7-9,13-14,16,19H,3-6,10-12H2,1-2H3/t13-,14+. The number of ether oxygens (including phenoxy) is 2. The summed E-state index contributed by atoms with van der Waals surface area (Å²) in [5.41, 5.74) is 0.834. The number of hydrogen-bond donors (Lipinski definition) is 1. The van der Waals surface area contributed by atoms with E-state index in [1.807, 2.05) is 19.9 Å². The predicted molar refractivity (Wildman–Crippen MR) is 94.5 cm³/mol. The number of morpholine rings is 1. The van der Waals surface area contributed by atoms with Crippen LogP contribution in [0.15, 0.2) is 18.3 Å². The van der Waals surface area contributed by atoms with Crippen molar-refractivity contribution in [2.75, 3.05) is 13.1 Å². The van der Waals surface area contributed by atoms with Crippen LogP contribution >= 0.6 is 0 Å². The molecule has 2 aliphatic rings. The van der Waals surface area contributed by atoms with Crippen LogP contribution in [0.5, 0.6) is 5.88 Å². The molecule has 1 saturated carbocycles. The highest BCUT2D eigenvalue weighted by molar-refractivity contribution is 7.87. The van der Waals surface area contributed by atoms with Gasteiger partial charge in [-0.15, -0.1) is 0 Å². The van der Waals surface area contributed by atoms with Crippen molar-refractivity contribution in [1.82, 2.24) is 14.0 Å². The van der Waals surface area contributed by atoms with E-state index < -0.39 is 10.2 Å². The Labute approximate surface area is 149 Å². The Balaban J connectivity index is 1.58. The van der Waals surface area contributed by atoms with Crippen molar-refractivity contribution in [2.45, 2.75) is 64.4 Å². The zero-order valence-electron chi connectivity index (χ0n) is 14.8. The molecule has 140 valence electrons. The SMILES string of the molecule is C[C@@H]1CN(S(=O)(=O)NCc2ccnc(OC3CCCC3)c2)C[C@H](C)O1. The first-order valence-corrected chi connectivity index (χ1v) is 10.4. The highest BCUT2D eigenvalue weighted by Gasteiger charge is 2.30. The van der Waals surface area contributed by atoms with Gasteiger partial charge in [0.2, 0.25) is 5.88 Å². The lowest BCUT2D eigenvalue weighted by atomic mass is 10.2. The molecular weight excluding hydrogens is 342 g/mol. The third-order valence-corrected chi connectivity index (χ3v) is 6.06. The van der Waals surface area contributed by atoms with Gasteiger partial charge in [-0.1, -0.05) is 0 Å². The van der Waals surface area contributed by atoms with E-state index in [9.17, 15) is 8.42 Å². The lowest BCUT2D eigenvalue weighted by Gasteiger charge is -2.34. The molecule has 1 aromatic rings. The Morgan fingerprint density at radius 1 is 1.28 bits per heavy atom. The predicted octanol–water partition coefficient (Wildman–Crippen LogP) is 1.85. The number of nitrogens with zero attached hydrogens (tertiary/aromatic N) is 2. The van der Waals surface area contributed by atoms with E-state index in [0.29, 0.717) is 19.0 Å². The lowest BCUT2D eigenvalue weighted by Crippen LogP contribution is -2.51. The maximum absolute atomic E-state index is 12.5. The monoisotopic (exact) mass is 369 g/mol. The summed E-state index contributed by atoms with van der Waals surface area (Å²) in [5, 5.41) is 0. The number of aromatic nitrogens is 1. The molecule has 1 N–H and O–H groups in total. The third kappa shape index (κ3) is 5.13. The largest absolute Gasteiger partial charge is 0.474 e. The molecule has 0 aromatic carbocycles. The van der Waals surface area contributed by atoms with Crippen LogP contribution in [0.2, 0.25) is 0 Å². The molecule has 0 spiro atoms. The number of rotatable bonds is 6. The molecule has 0 amide bonds. The van der Waals surface area contributed by atoms with E-state index in [2.05, 4.69) is 9.71 Å². The normalized spacial score (nSPS) is 26.0. The average Bonchev–Trinajstić information content (AvgIpc) is 3.05. The second-order valence-electron chi connectivity index (χ2n) is 6.93. The number of hydrogen-bond acceptors (Lipinski definition) is 5. The molecular formula is C17H27N3O4S. The van der Waals surface area contributed by atoms with Crippen LogP contribution in [-0.2, 0) is 21.5 Å². The quantitative estimate of drug-likeness (QED) is 0.828. The van der Waals surface area contributed by atoms with Gasteiger partial charge in [0, 0.05) is 31.9 Å². The fourth-order valence-corrected chi connectivity index (χ4v) is 4.74. The highest BCUT2D eigenvalue weighted by atomic mass is 32.2. The molecule has 3 rings (SSSR count). The summed E-state index contributed by atoms with van der Waals surface area (Å²) in [4.78, 5) is 4.23. The van der Waals surface area contributed by atoms with Crippen LogP contribution in [0, 0.1) is 0 Å². The van der Waals surface area contributed by atoms with Gasteiger partial charge in [0.15, 0.2) is 0 Å². The summed E-state index contributed by atoms with van der Waals surface area (Å²) >= 11 is 0. The summed E-state index contributed by atoms with van der Waals surface area (Å²) in [7, 11) is -3.54. The maximum Gasteiger partial charge on any atom is 0.279 e. The first kappa shape index (κ1) is 18.6. The Kier molecular flexibility index (Phi) is 5.93. The molecule has 0 bridgehead atoms. The molecule has 0 unspecified atom stereocenters. The summed E-state index contributed by atoms with van der Waals surface area (Å²) in [6.07, 6.45) is 6.20. The molecule has 2 heterocycles. The molecule has 8 heteroatoms. The van der Waals surface area contributed by atoms with Gasteiger partial charge < -0.3 is 9.47 Å². The minimum absolute atomic E-state index is 0.104. The first-order valence-electron chi connectivity index (χ1n) is 8.94. The van der Waals surface area contributed by atoms with Gasteiger partial charge in [0.25, 0.3) is 10.2 Å². The van der Waals surface area contributed by atoms with Crippen LogP contribution < -0.4 is 9.46 Å². The summed E-state index contributed by atoms with van der Waals surface area (Å²) in [6.45, 7) is 4.71. The van der Waals surface area contributed by atoms with E-state index >= 15 is 0 Å². The zero-order valence-corrected chi connectivity index (χ0v) is 15.7. The highest BCUT2D eigenvalue weighted by Crippen LogP contribution is 2.23. The molecule has 1 aliphatic carbocycles. The Morgan fingerprint density at radius 3 is 2.64 bits per heavy atom. The number of pyridine rings is 1. The first-order chi connectivity index (χ1) is 11.9. The molecule has 7 nitrogen and oxygen atoms in total. The fourth-order valence-electron chi connectivity index (χ4n) is 3.39. The van der Waals surface area contributed by atoms with Gasteiger partial charge in [-0.05, 0) is 51.2 Å².